The van der Waals surface area contributed by atoms with Crippen molar-refractivity contribution in [2.75, 3.05) is 18.0 Å². The molecule has 136 valence electrons. The molecule has 3 heterocycles. The van der Waals surface area contributed by atoms with Gasteiger partial charge in [0.2, 0.25) is 5.91 Å². The van der Waals surface area contributed by atoms with Crippen LogP contribution in [0, 0.1) is 0 Å². The van der Waals surface area contributed by atoms with E-state index in [9.17, 15) is 9.59 Å². The van der Waals surface area contributed by atoms with Crippen molar-refractivity contribution in [3.63, 3.8) is 0 Å². The Hall–Kier alpha value is -2.44. The third-order valence-electron chi connectivity index (χ3n) is 5.81. The quantitative estimate of drug-likeness (QED) is 0.585. The first-order valence-corrected chi connectivity index (χ1v) is 9.87. The number of rotatable bonds is 1. The number of hydrogen-bond acceptors (Lipinski definition) is 3. The van der Waals surface area contributed by atoms with Gasteiger partial charge in [0.15, 0.2) is 0 Å². The number of imide groups is 1. The van der Waals surface area contributed by atoms with Crippen LogP contribution in [0.2, 0.25) is 0 Å². The van der Waals surface area contributed by atoms with Crippen LogP contribution in [0.4, 0.5) is 5.69 Å². The minimum absolute atomic E-state index is 0.104. The number of H-pyrrole nitrogens is 1. The van der Waals surface area contributed by atoms with Crippen LogP contribution in [-0.2, 0) is 10.2 Å². The average Bonchev–Trinajstić information content (AvgIpc) is 3.21. The van der Waals surface area contributed by atoms with Crippen molar-refractivity contribution in [1.82, 2.24) is 10.3 Å². The van der Waals surface area contributed by atoms with E-state index in [0.717, 1.165) is 34.0 Å². The van der Waals surface area contributed by atoms with Gasteiger partial charge in [0.1, 0.15) is 0 Å². The highest BCUT2D eigenvalue weighted by molar-refractivity contribution is 9.10. The summed E-state index contributed by atoms with van der Waals surface area (Å²) in [5, 5.41) is 4.16. The van der Waals surface area contributed by atoms with Crippen molar-refractivity contribution in [3.05, 3.63) is 64.3 Å². The average molecular weight is 424 g/mol. The van der Waals surface area contributed by atoms with E-state index in [0.29, 0.717) is 24.1 Å². The van der Waals surface area contributed by atoms with Crippen molar-refractivity contribution in [3.8, 4) is 0 Å². The molecule has 0 atom stereocenters. The predicted molar refractivity (Wildman–Crippen MR) is 108 cm³/mol. The molecule has 2 aliphatic heterocycles. The fourth-order valence-corrected chi connectivity index (χ4v) is 4.79. The molecule has 5 nitrogen and oxygen atoms in total. The lowest BCUT2D eigenvalue weighted by Crippen LogP contribution is -2.48. The van der Waals surface area contributed by atoms with Gasteiger partial charge < -0.3 is 10.3 Å². The molecule has 1 saturated heterocycles. The van der Waals surface area contributed by atoms with Crippen molar-refractivity contribution >= 4 is 44.3 Å². The standard InChI is InChI=1S/C21H18BrN3O2/c22-13-5-6-18-16(11-13)21(7-9-23-10-8-21)20(27)25(18)19(26)15-12-24-17-4-2-1-3-14(15)17/h1-6,11-12,23-24H,7-10H2. The number of aromatic amines is 1. The maximum atomic E-state index is 13.6. The number of anilines is 1. The Balaban J connectivity index is 1.67. The fourth-order valence-electron chi connectivity index (χ4n) is 4.43. The fraction of sp³-hybridized carbons (Fsp3) is 0.238. The molecule has 0 aliphatic carbocycles. The maximum Gasteiger partial charge on any atom is 0.267 e. The Morgan fingerprint density at radius 3 is 2.70 bits per heavy atom. The lowest BCUT2D eigenvalue weighted by Gasteiger charge is -2.32. The lowest BCUT2D eigenvalue weighted by molar-refractivity contribution is -0.123. The molecule has 6 heteroatoms. The molecule has 5 rings (SSSR count). The van der Waals surface area contributed by atoms with E-state index in [1.165, 1.54) is 4.90 Å². The Morgan fingerprint density at radius 1 is 1.11 bits per heavy atom. The number of fused-ring (bicyclic) bond motifs is 3. The maximum absolute atomic E-state index is 13.6. The van der Waals surface area contributed by atoms with Gasteiger partial charge in [0.25, 0.3) is 5.91 Å². The number of carbonyl (C=O) groups excluding carboxylic acids is 2. The molecule has 1 spiro atoms. The molecule has 0 saturated carbocycles. The second kappa shape index (κ2) is 6.04. The molecule has 0 radical (unpaired) electrons. The Bertz CT molecular complexity index is 1080. The SMILES string of the molecule is O=C(c1c[nH]c2ccccc12)N1C(=O)C2(CCNCC2)c2cc(Br)ccc21. The zero-order chi connectivity index (χ0) is 18.6. The topological polar surface area (TPSA) is 65.2 Å². The van der Waals surface area contributed by atoms with Gasteiger partial charge in [-0.15, -0.1) is 0 Å². The summed E-state index contributed by atoms with van der Waals surface area (Å²) in [6, 6.07) is 13.4. The smallest absolute Gasteiger partial charge is 0.267 e. The molecular formula is C21H18BrN3O2. The number of amides is 2. The van der Waals surface area contributed by atoms with Crippen LogP contribution in [0.1, 0.15) is 28.8 Å². The van der Waals surface area contributed by atoms with E-state index in [-0.39, 0.29) is 11.8 Å². The van der Waals surface area contributed by atoms with Gasteiger partial charge in [-0.05, 0) is 55.8 Å². The van der Waals surface area contributed by atoms with Crippen LogP contribution >= 0.6 is 15.9 Å². The summed E-state index contributed by atoms with van der Waals surface area (Å²) in [6.07, 6.45) is 3.10. The van der Waals surface area contributed by atoms with E-state index in [4.69, 9.17) is 0 Å². The van der Waals surface area contributed by atoms with Gasteiger partial charge >= 0.3 is 0 Å². The number of nitrogens with one attached hydrogen (secondary N) is 2. The highest BCUT2D eigenvalue weighted by Crippen LogP contribution is 2.48. The molecule has 0 bridgehead atoms. The Labute approximate surface area is 164 Å². The van der Waals surface area contributed by atoms with Crippen LogP contribution in [0.15, 0.2) is 53.1 Å². The Morgan fingerprint density at radius 2 is 1.89 bits per heavy atom. The molecular weight excluding hydrogens is 406 g/mol. The number of para-hydroxylation sites is 1. The molecule has 2 aromatic carbocycles. The van der Waals surface area contributed by atoms with E-state index in [1.54, 1.807) is 6.20 Å². The Kier molecular flexibility index (Phi) is 3.74. The molecule has 3 aromatic rings. The number of hydrogen-bond donors (Lipinski definition) is 2. The van der Waals surface area contributed by atoms with Gasteiger partial charge in [-0.1, -0.05) is 34.1 Å². The van der Waals surface area contributed by atoms with Crippen LogP contribution in [-0.4, -0.2) is 29.9 Å². The van der Waals surface area contributed by atoms with E-state index >= 15 is 0 Å². The van der Waals surface area contributed by atoms with Gasteiger partial charge in [-0.25, -0.2) is 4.90 Å². The van der Waals surface area contributed by atoms with Crippen molar-refractivity contribution in [1.29, 1.82) is 0 Å². The summed E-state index contributed by atoms with van der Waals surface area (Å²) in [5.74, 6) is -0.371. The highest BCUT2D eigenvalue weighted by atomic mass is 79.9. The number of aromatic nitrogens is 1. The van der Waals surface area contributed by atoms with Crippen molar-refractivity contribution < 1.29 is 9.59 Å². The molecule has 27 heavy (non-hydrogen) atoms. The molecule has 0 unspecified atom stereocenters. The third-order valence-corrected chi connectivity index (χ3v) is 6.30. The third kappa shape index (κ3) is 2.33. The van der Waals surface area contributed by atoms with E-state index in [1.807, 2.05) is 42.5 Å². The van der Waals surface area contributed by atoms with Gasteiger partial charge in [0, 0.05) is 21.6 Å². The zero-order valence-electron chi connectivity index (χ0n) is 14.6. The first-order chi connectivity index (χ1) is 13.1. The normalized spacial score (nSPS) is 18.3. The van der Waals surface area contributed by atoms with Gasteiger partial charge in [0.05, 0.1) is 16.7 Å². The summed E-state index contributed by atoms with van der Waals surface area (Å²) < 4.78 is 0.924. The summed E-state index contributed by atoms with van der Waals surface area (Å²) in [4.78, 5) is 31.6. The second-order valence-corrected chi connectivity index (χ2v) is 8.10. The number of benzene rings is 2. The summed E-state index contributed by atoms with van der Waals surface area (Å²) in [7, 11) is 0. The van der Waals surface area contributed by atoms with Crippen LogP contribution in [0.3, 0.4) is 0 Å². The van der Waals surface area contributed by atoms with Gasteiger partial charge in [-0.2, -0.15) is 0 Å². The lowest BCUT2D eigenvalue weighted by atomic mass is 9.74. The number of carbonyl (C=O) groups is 2. The molecule has 1 aromatic heterocycles. The second-order valence-electron chi connectivity index (χ2n) is 7.19. The minimum Gasteiger partial charge on any atom is -0.360 e. The summed E-state index contributed by atoms with van der Waals surface area (Å²) in [5.41, 5.74) is 2.46. The first kappa shape index (κ1) is 16.7. The molecule has 2 N–H and O–H groups in total. The number of piperidine rings is 1. The summed E-state index contributed by atoms with van der Waals surface area (Å²) in [6.45, 7) is 1.54. The minimum atomic E-state index is -0.619. The highest BCUT2D eigenvalue weighted by Gasteiger charge is 2.53. The van der Waals surface area contributed by atoms with E-state index in [2.05, 4.69) is 26.2 Å². The monoisotopic (exact) mass is 423 g/mol. The zero-order valence-corrected chi connectivity index (χ0v) is 16.2. The number of halogens is 1. The molecule has 1 fully saturated rings. The molecule has 2 aliphatic rings. The van der Waals surface area contributed by atoms with Crippen molar-refractivity contribution in [2.45, 2.75) is 18.3 Å². The first-order valence-electron chi connectivity index (χ1n) is 9.07. The van der Waals surface area contributed by atoms with E-state index < -0.39 is 5.41 Å². The van der Waals surface area contributed by atoms with Crippen LogP contribution < -0.4 is 10.2 Å². The van der Waals surface area contributed by atoms with Crippen LogP contribution in [0.5, 0.6) is 0 Å². The van der Waals surface area contributed by atoms with Crippen LogP contribution in [0.25, 0.3) is 10.9 Å². The van der Waals surface area contributed by atoms with Crippen molar-refractivity contribution in [2.24, 2.45) is 0 Å². The molecule has 2 amide bonds. The largest absolute Gasteiger partial charge is 0.360 e. The summed E-state index contributed by atoms with van der Waals surface area (Å²) >= 11 is 3.53. The number of nitrogens with zero attached hydrogens (tertiary/aromatic N) is 1. The predicted octanol–water partition coefficient (Wildman–Crippen LogP) is 3.74. The van der Waals surface area contributed by atoms with Gasteiger partial charge in [-0.3, -0.25) is 9.59 Å².